The Hall–Kier alpha value is -1.36. The number of ether oxygens (including phenoxy) is 1. The number of nitrogens with two attached hydrogens (primary N) is 1. The first-order valence-corrected chi connectivity index (χ1v) is 5.50. The van der Waals surface area contributed by atoms with E-state index in [2.05, 4.69) is 5.10 Å². The monoisotopic (exact) mass is 225 g/mol. The molecule has 90 valence electrons. The van der Waals surface area contributed by atoms with E-state index in [1.54, 1.807) is 17.8 Å². The van der Waals surface area contributed by atoms with Crippen LogP contribution in [0.15, 0.2) is 12.4 Å². The normalized spacial score (nSPS) is 12.4. The SMILES string of the molecule is CCOC(=O)CCC(N)Cc1cnn(C)c1. The van der Waals surface area contributed by atoms with Crippen molar-refractivity contribution in [3.8, 4) is 0 Å². The molecular weight excluding hydrogens is 206 g/mol. The van der Waals surface area contributed by atoms with E-state index in [-0.39, 0.29) is 12.0 Å². The number of esters is 1. The molecule has 1 unspecified atom stereocenters. The van der Waals surface area contributed by atoms with Gasteiger partial charge >= 0.3 is 5.97 Å². The molecule has 5 heteroatoms. The summed E-state index contributed by atoms with van der Waals surface area (Å²) >= 11 is 0. The maximum atomic E-state index is 11.1. The van der Waals surface area contributed by atoms with Gasteiger partial charge in [0, 0.05) is 25.7 Å². The average molecular weight is 225 g/mol. The third-order valence-electron chi connectivity index (χ3n) is 2.28. The number of carbonyl (C=O) groups is 1. The molecule has 2 N–H and O–H groups in total. The highest BCUT2D eigenvalue weighted by Crippen LogP contribution is 2.05. The molecule has 0 saturated heterocycles. The molecule has 0 aliphatic heterocycles. The van der Waals surface area contributed by atoms with Crippen molar-refractivity contribution in [1.29, 1.82) is 0 Å². The Balaban J connectivity index is 2.25. The summed E-state index contributed by atoms with van der Waals surface area (Å²) in [6.45, 7) is 2.23. The van der Waals surface area contributed by atoms with Gasteiger partial charge in [-0.2, -0.15) is 5.10 Å². The van der Waals surface area contributed by atoms with Gasteiger partial charge in [-0.3, -0.25) is 9.48 Å². The second-order valence-electron chi connectivity index (χ2n) is 3.83. The Kier molecular flexibility index (Phi) is 4.98. The fraction of sp³-hybridized carbons (Fsp3) is 0.636. The molecule has 0 aliphatic carbocycles. The maximum Gasteiger partial charge on any atom is 0.305 e. The highest BCUT2D eigenvalue weighted by Gasteiger charge is 2.09. The summed E-state index contributed by atoms with van der Waals surface area (Å²) in [5, 5.41) is 4.06. The van der Waals surface area contributed by atoms with Crippen LogP contribution in [-0.2, 0) is 23.0 Å². The molecule has 0 spiro atoms. The van der Waals surface area contributed by atoms with Gasteiger partial charge in [0.25, 0.3) is 0 Å². The molecule has 0 aromatic carbocycles. The lowest BCUT2D eigenvalue weighted by atomic mass is 10.1. The quantitative estimate of drug-likeness (QED) is 0.721. The summed E-state index contributed by atoms with van der Waals surface area (Å²) in [4.78, 5) is 11.1. The molecule has 0 saturated carbocycles. The Morgan fingerprint density at radius 1 is 1.69 bits per heavy atom. The second kappa shape index (κ2) is 6.27. The van der Waals surface area contributed by atoms with Gasteiger partial charge in [0.2, 0.25) is 0 Å². The highest BCUT2D eigenvalue weighted by atomic mass is 16.5. The lowest BCUT2D eigenvalue weighted by Crippen LogP contribution is -2.24. The van der Waals surface area contributed by atoms with Crippen molar-refractivity contribution in [3.05, 3.63) is 18.0 Å². The zero-order chi connectivity index (χ0) is 12.0. The highest BCUT2D eigenvalue weighted by molar-refractivity contribution is 5.69. The summed E-state index contributed by atoms with van der Waals surface area (Å²) in [7, 11) is 1.87. The van der Waals surface area contributed by atoms with Crippen molar-refractivity contribution in [2.45, 2.75) is 32.2 Å². The van der Waals surface area contributed by atoms with Gasteiger partial charge in [0.15, 0.2) is 0 Å². The third kappa shape index (κ3) is 4.44. The predicted molar refractivity (Wildman–Crippen MR) is 60.8 cm³/mol. The van der Waals surface area contributed by atoms with E-state index in [1.807, 2.05) is 13.2 Å². The van der Waals surface area contributed by atoms with Crippen molar-refractivity contribution in [3.63, 3.8) is 0 Å². The first-order valence-electron chi connectivity index (χ1n) is 5.50. The van der Waals surface area contributed by atoms with Crippen molar-refractivity contribution in [2.75, 3.05) is 6.61 Å². The number of hydrogen-bond donors (Lipinski definition) is 1. The molecule has 0 radical (unpaired) electrons. The Morgan fingerprint density at radius 2 is 2.44 bits per heavy atom. The lowest BCUT2D eigenvalue weighted by Gasteiger charge is -2.09. The van der Waals surface area contributed by atoms with E-state index in [0.29, 0.717) is 19.4 Å². The molecular formula is C11H19N3O2. The molecule has 1 heterocycles. The molecule has 0 fully saturated rings. The van der Waals surface area contributed by atoms with Gasteiger partial charge in [-0.15, -0.1) is 0 Å². The zero-order valence-corrected chi connectivity index (χ0v) is 9.85. The first kappa shape index (κ1) is 12.7. The van der Waals surface area contributed by atoms with Crippen molar-refractivity contribution < 1.29 is 9.53 Å². The maximum absolute atomic E-state index is 11.1. The summed E-state index contributed by atoms with van der Waals surface area (Å²) in [5.41, 5.74) is 7.01. The van der Waals surface area contributed by atoms with Crippen LogP contribution in [0.5, 0.6) is 0 Å². The van der Waals surface area contributed by atoms with Crippen molar-refractivity contribution in [1.82, 2.24) is 9.78 Å². The van der Waals surface area contributed by atoms with E-state index < -0.39 is 0 Å². The molecule has 16 heavy (non-hydrogen) atoms. The number of aryl methyl sites for hydroxylation is 1. The number of aromatic nitrogens is 2. The largest absolute Gasteiger partial charge is 0.466 e. The standard InChI is InChI=1S/C11H19N3O2/c1-3-16-11(15)5-4-10(12)6-9-7-13-14(2)8-9/h7-8,10H,3-6,12H2,1-2H3. The number of rotatable bonds is 6. The van der Waals surface area contributed by atoms with Gasteiger partial charge in [-0.1, -0.05) is 0 Å². The minimum absolute atomic E-state index is 0.0198. The summed E-state index contributed by atoms with van der Waals surface area (Å²) < 4.78 is 6.58. The number of nitrogens with zero attached hydrogens (tertiary/aromatic N) is 2. The van der Waals surface area contributed by atoms with Crippen LogP contribution in [0.4, 0.5) is 0 Å². The van der Waals surface area contributed by atoms with Crippen LogP contribution in [0.2, 0.25) is 0 Å². The van der Waals surface area contributed by atoms with E-state index in [9.17, 15) is 4.79 Å². The Morgan fingerprint density at radius 3 is 3.00 bits per heavy atom. The number of hydrogen-bond acceptors (Lipinski definition) is 4. The molecule has 0 amide bonds. The molecule has 0 bridgehead atoms. The zero-order valence-electron chi connectivity index (χ0n) is 9.85. The number of carbonyl (C=O) groups excluding carboxylic acids is 1. The van der Waals surface area contributed by atoms with Crippen molar-refractivity contribution >= 4 is 5.97 Å². The summed E-state index contributed by atoms with van der Waals surface area (Å²) in [5.74, 6) is -0.177. The minimum atomic E-state index is -0.177. The van der Waals surface area contributed by atoms with E-state index in [1.165, 1.54) is 0 Å². The van der Waals surface area contributed by atoms with Gasteiger partial charge < -0.3 is 10.5 Å². The average Bonchev–Trinajstić information content (AvgIpc) is 2.61. The van der Waals surface area contributed by atoms with Crippen LogP contribution in [0.1, 0.15) is 25.3 Å². The molecule has 5 nitrogen and oxygen atoms in total. The van der Waals surface area contributed by atoms with E-state index >= 15 is 0 Å². The first-order chi connectivity index (χ1) is 7.61. The van der Waals surface area contributed by atoms with Crippen LogP contribution in [0.25, 0.3) is 0 Å². The molecule has 1 aromatic rings. The van der Waals surface area contributed by atoms with Crippen LogP contribution in [0, 0.1) is 0 Å². The smallest absolute Gasteiger partial charge is 0.305 e. The lowest BCUT2D eigenvalue weighted by molar-refractivity contribution is -0.143. The topological polar surface area (TPSA) is 70.1 Å². The molecule has 1 rings (SSSR count). The van der Waals surface area contributed by atoms with E-state index in [0.717, 1.165) is 12.0 Å². The van der Waals surface area contributed by atoms with E-state index in [4.69, 9.17) is 10.5 Å². The molecule has 1 atom stereocenters. The fourth-order valence-corrected chi connectivity index (χ4v) is 1.52. The van der Waals surface area contributed by atoms with Gasteiger partial charge in [-0.05, 0) is 25.3 Å². The molecule has 1 aromatic heterocycles. The van der Waals surface area contributed by atoms with Gasteiger partial charge in [0.05, 0.1) is 12.8 Å². The van der Waals surface area contributed by atoms with Gasteiger partial charge in [0.1, 0.15) is 0 Å². The predicted octanol–water partition coefficient (Wildman–Crippen LogP) is 0.633. The van der Waals surface area contributed by atoms with Crippen LogP contribution < -0.4 is 5.73 Å². The second-order valence-corrected chi connectivity index (χ2v) is 3.83. The fourth-order valence-electron chi connectivity index (χ4n) is 1.52. The molecule has 0 aliphatic rings. The third-order valence-corrected chi connectivity index (χ3v) is 2.28. The van der Waals surface area contributed by atoms with Crippen LogP contribution in [-0.4, -0.2) is 28.4 Å². The minimum Gasteiger partial charge on any atom is -0.466 e. The Labute approximate surface area is 95.6 Å². The van der Waals surface area contributed by atoms with Crippen LogP contribution >= 0.6 is 0 Å². The summed E-state index contributed by atoms with van der Waals surface area (Å²) in [6, 6.07) is -0.0198. The summed E-state index contributed by atoms with van der Waals surface area (Å²) in [6.07, 6.45) is 5.50. The van der Waals surface area contributed by atoms with Gasteiger partial charge in [-0.25, -0.2) is 0 Å². The van der Waals surface area contributed by atoms with Crippen molar-refractivity contribution in [2.24, 2.45) is 12.8 Å². The van der Waals surface area contributed by atoms with Crippen LogP contribution in [0.3, 0.4) is 0 Å². The Bertz CT molecular complexity index is 336.